The summed E-state index contributed by atoms with van der Waals surface area (Å²) in [5, 5.41) is 18.2. The van der Waals surface area contributed by atoms with Crippen LogP contribution in [-0.2, 0) is 29.1 Å². The van der Waals surface area contributed by atoms with Crippen LogP contribution in [0.2, 0.25) is 0 Å². The average Bonchev–Trinajstić information content (AvgIpc) is 2.54. The number of hydrogen-bond donors (Lipinski definition) is 2. The maximum atomic E-state index is 11.1. The van der Waals surface area contributed by atoms with Crippen molar-refractivity contribution in [2.75, 3.05) is 0 Å². The minimum absolute atomic E-state index is 0.0850. The van der Waals surface area contributed by atoms with Crippen molar-refractivity contribution >= 4 is 11.9 Å². The van der Waals surface area contributed by atoms with Gasteiger partial charge in [0.2, 0.25) is 11.6 Å². The van der Waals surface area contributed by atoms with Gasteiger partial charge in [-0.05, 0) is 25.7 Å². The highest BCUT2D eigenvalue weighted by Gasteiger charge is 2.57. The molecular formula is C16H24O8. The van der Waals surface area contributed by atoms with Crippen LogP contribution in [0.4, 0.5) is 0 Å². The van der Waals surface area contributed by atoms with Gasteiger partial charge in [0, 0.05) is 24.7 Å². The van der Waals surface area contributed by atoms with E-state index in [1.54, 1.807) is 0 Å². The average molecular weight is 344 g/mol. The van der Waals surface area contributed by atoms with Crippen molar-refractivity contribution in [3.8, 4) is 0 Å². The van der Waals surface area contributed by atoms with Gasteiger partial charge in [-0.3, -0.25) is 9.59 Å². The summed E-state index contributed by atoms with van der Waals surface area (Å²) in [6.45, 7) is 0. The summed E-state index contributed by atoms with van der Waals surface area (Å²) in [4.78, 5) is 44.7. The van der Waals surface area contributed by atoms with Gasteiger partial charge in [0.05, 0.1) is 12.8 Å². The lowest BCUT2D eigenvalue weighted by Gasteiger charge is -2.50. The van der Waals surface area contributed by atoms with Gasteiger partial charge in [0.15, 0.2) is 0 Å². The molecule has 3 rings (SSSR count). The Hall–Kier alpha value is -1.22. The van der Waals surface area contributed by atoms with Crippen molar-refractivity contribution < 1.29 is 39.4 Å². The van der Waals surface area contributed by atoms with Crippen molar-refractivity contribution in [1.29, 1.82) is 0 Å². The fourth-order valence-corrected chi connectivity index (χ4v) is 4.06. The zero-order valence-electron chi connectivity index (χ0n) is 13.6. The van der Waals surface area contributed by atoms with Crippen LogP contribution in [0.25, 0.3) is 0 Å². The molecule has 2 aliphatic carbocycles. The largest absolute Gasteiger partial charge is 0.481 e. The molecular weight excluding hydrogens is 320 g/mol. The highest BCUT2D eigenvalue weighted by Crippen LogP contribution is 2.49. The van der Waals surface area contributed by atoms with Gasteiger partial charge in [-0.25, -0.2) is 0 Å². The number of hydrogen-bond acceptors (Lipinski definition) is 6. The lowest BCUT2D eigenvalue weighted by Crippen LogP contribution is -2.59. The van der Waals surface area contributed by atoms with E-state index in [-0.39, 0.29) is 24.7 Å². The molecule has 3 aliphatic rings. The molecule has 1 saturated heterocycles. The number of carboxylic acid groups (broad SMARTS) is 2. The molecule has 1 aliphatic heterocycles. The molecule has 1 heterocycles. The normalized spacial score (nSPS) is 39.8. The first-order valence-corrected chi connectivity index (χ1v) is 8.63. The van der Waals surface area contributed by atoms with E-state index in [2.05, 4.69) is 0 Å². The van der Waals surface area contributed by atoms with Gasteiger partial charge in [0.25, 0.3) is 0 Å². The van der Waals surface area contributed by atoms with Gasteiger partial charge in [-0.2, -0.15) is 19.6 Å². The van der Waals surface area contributed by atoms with Crippen molar-refractivity contribution in [2.45, 2.75) is 75.8 Å². The second-order valence-electron chi connectivity index (χ2n) is 7.04. The SMILES string of the molecule is O=C(O)C[C@H]1CCCCC12OOC1(CCCC[C@H]1CC(=O)O)OO2. The number of aliphatic carboxylic acids is 2. The highest BCUT2D eigenvalue weighted by molar-refractivity contribution is 5.67. The fraction of sp³-hybridized carbons (Fsp3) is 0.875. The molecule has 136 valence electrons. The molecule has 8 nitrogen and oxygen atoms in total. The Labute approximate surface area is 139 Å². The Balaban J connectivity index is 1.72. The second-order valence-corrected chi connectivity index (χ2v) is 7.04. The van der Waals surface area contributed by atoms with E-state index in [0.717, 1.165) is 25.7 Å². The van der Waals surface area contributed by atoms with Gasteiger partial charge in [-0.15, -0.1) is 0 Å². The van der Waals surface area contributed by atoms with Crippen molar-refractivity contribution in [3.05, 3.63) is 0 Å². The summed E-state index contributed by atoms with van der Waals surface area (Å²) < 4.78 is 0. The van der Waals surface area contributed by atoms with Gasteiger partial charge < -0.3 is 10.2 Å². The van der Waals surface area contributed by atoms with Crippen LogP contribution >= 0.6 is 0 Å². The van der Waals surface area contributed by atoms with Crippen LogP contribution in [0.1, 0.15) is 64.2 Å². The molecule has 0 aromatic heterocycles. The highest BCUT2D eigenvalue weighted by atomic mass is 17.4. The molecule has 2 N–H and O–H groups in total. The Morgan fingerprint density at radius 3 is 1.46 bits per heavy atom. The summed E-state index contributed by atoms with van der Waals surface area (Å²) in [6, 6.07) is 0. The zero-order valence-corrected chi connectivity index (χ0v) is 13.6. The van der Waals surface area contributed by atoms with Crippen LogP contribution in [0.3, 0.4) is 0 Å². The molecule has 0 radical (unpaired) electrons. The van der Waals surface area contributed by atoms with Crippen molar-refractivity contribution in [1.82, 2.24) is 0 Å². The smallest absolute Gasteiger partial charge is 0.303 e. The fourth-order valence-electron chi connectivity index (χ4n) is 4.06. The summed E-state index contributed by atoms with van der Waals surface area (Å²) in [5.74, 6) is -4.99. The number of rotatable bonds is 4. The molecule has 0 aromatic carbocycles. The third kappa shape index (κ3) is 3.42. The third-order valence-electron chi connectivity index (χ3n) is 5.39. The van der Waals surface area contributed by atoms with E-state index in [9.17, 15) is 9.59 Å². The van der Waals surface area contributed by atoms with Crippen LogP contribution in [0.15, 0.2) is 0 Å². The first-order valence-electron chi connectivity index (χ1n) is 8.63. The van der Waals surface area contributed by atoms with Crippen molar-refractivity contribution in [3.63, 3.8) is 0 Å². The standard InChI is InChI=1S/C16H24O8/c17-13(18)9-11-5-1-3-7-15(11)21-23-16(24-22-15)8-4-2-6-12(16)10-14(19)20/h11-12H,1-10H2,(H,17,18)(H,19,20)/t11-,12+,15?,16?. The van der Waals surface area contributed by atoms with Gasteiger partial charge in [0.1, 0.15) is 0 Å². The van der Waals surface area contributed by atoms with Gasteiger partial charge >= 0.3 is 11.9 Å². The molecule has 3 fully saturated rings. The number of carbonyl (C=O) groups is 2. The predicted molar refractivity (Wildman–Crippen MR) is 78.2 cm³/mol. The molecule has 0 unspecified atom stereocenters. The third-order valence-corrected chi connectivity index (χ3v) is 5.39. The van der Waals surface area contributed by atoms with Crippen molar-refractivity contribution in [2.24, 2.45) is 11.8 Å². The predicted octanol–water partition coefficient (Wildman–Crippen LogP) is 2.62. The van der Waals surface area contributed by atoms with E-state index < -0.39 is 23.5 Å². The minimum Gasteiger partial charge on any atom is -0.481 e. The lowest BCUT2D eigenvalue weighted by molar-refractivity contribution is -0.675. The Bertz CT molecular complexity index is 438. The summed E-state index contributed by atoms with van der Waals surface area (Å²) >= 11 is 0. The zero-order chi connectivity index (χ0) is 17.2. The van der Waals surface area contributed by atoms with E-state index in [4.69, 9.17) is 29.8 Å². The summed E-state index contributed by atoms with van der Waals surface area (Å²) in [7, 11) is 0. The van der Waals surface area contributed by atoms with Crippen LogP contribution in [0, 0.1) is 11.8 Å². The van der Waals surface area contributed by atoms with E-state index >= 15 is 0 Å². The maximum absolute atomic E-state index is 11.1. The molecule has 2 saturated carbocycles. The van der Waals surface area contributed by atoms with E-state index in [1.807, 2.05) is 0 Å². The molecule has 2 spiro atoms. The Kier molecular flexibility index (Phi) is 5.10. The Morgan fingerprint density at radius 1 is 0.750 bits per heavy atom. The molecule has 0 bridgehead atoms. The topological polar surface area (TPSA) is 112 Å². The molecule has 24 heavy (non-hydrogen) atoms. The molecule has 8 heteroatoms. The second kappa shape index (κ2) is 6.95. The van der Waals surface area contributed by atoms with Crippen LogP contribution < -0.4 is 0 Å². The summed E-state index contributed by atoms with van der Waals surface area (Å²) in [5.41, 5.74) is 0. The quantitative estimate of drug-likeness (QED) is 0.749. The monoisotopic (exact) mass is 344 g/mol. The minimum atomic E-state index is -1.22. The summed E-state index contributed by atoms with van der Waals surface area (Å²) in [6.07, 6.45) is 5.59. The maximum Gasteiger partial charge on any atom is 0.303 e. The van der Waals surface area contributed by atoms with Gasteiger partial charge in [-0.1, -0.05) is 12.8 Å². The van der Waals surface area contributed by atoms with Crippen LogP contribution in [0.5, 0.6) is 0 Å². The first kappa shape index (κ1) is 17.6. The van der Waals surface area contributed by atoms with E-state index in [1.165, 1.54) is 0 Å². The lowest BCUT2D eigenvalue weighted by atomic mass is 9.80. The molecule has 2 atom stereocenters. The number of carboxylic acids is 2. The van der Waals surface area contributed by atoms with E-state index in [0.29, 0.717) is 25.7 Å². The van der Waals surface area contributed by atoms with Crippen LogP contribution in [-0.4, -0.2) is 33.7 Å². The first-order chi connectivity index (χ1) is 11.5. The molecule has 0 amide bonds. The Morgan fingerprint density at radius 2 is 1.12 bits per heavy atom. The molecule has 0 aromatic rings.